The summed E-state index contributed by atoms with van der Waals surface area (Å²) in [6.07, 6.45) is -6.19. The molecule has 0 amide bonds. The Morgan fingerprint density at radius 2 is 1.92 bits per heavy atom. The zero-order valence-electron chi connectivity index (χ0n) is 13.4. The molecule has 0 saturated carbocycles. The third-order valence-corrected chi connectivity index (χ3v) is 4.36. The van der Waals surface area contributed by atoms with Gasteiger partial charge in [-0.15, -0.1) is 0 Å². The van der Waals surface area contributed by atoms with Crippen molar-refractivity contribution in [2.24, 2.45) is 5.92 Å². The standard InChI is InChI=1S/C13H20O11S/c1-5-10(24-25(18,19)20)11(6(2)21-13(5)17)23-9-4-7(14)3-8(22-9)12(15)16/h3,5-7,9-11,13-14,17H,4H2,1-2H3,(H,15,16)(H,18,19,20)/t5-,6?,7-,9-,10?,11+,13?/m0/s1. The molecule has 0 bridgehead atoms. The molecule has 144 valence electrons. The average Bonchev–Trinajstić information content (AvgIpc) is 2.46. The van der Waals surface area contributed by atoms with Crippen LogP contribution in [0.25, 0.3) is 0 Å². The van der Waals surface area contributed by atoms with Crippen LogP contribution in [0.2, 0.25) is 0 Å². The highest BCUT2D eigenvalue weighted by Crippen LogP contribution is 2.32. The Labute approximate surface area is 143 Å². The van der Waals surface area contributed by atoms with E-state index in [-0.39, 0.29) is 6.42 Å². The van der Waals surface area contributed by atoms with Crippen molar-refractivity contribution in [3.8, 4) is 0 Å². The Morgan fingerprint density at radius 1 is 1.28 bits per heavy atom. The number of carboxylic acids is 1. The van der Waals surface area contributed by atoms with Crippen LogP contribution in [0, 0.1) is 5.92 Å². The fraction of sp³-hybridized carbons (Fsp3) is 0.769. The minimum atomic E-state index is -4.85. The van der Waals surface area contributed by atoms with E-state index in [1.165, 1.54) is 13.8 Å². The molecule has 0 aromatic rings. The molecule has 0 spiro atoms. The normalized spacial score (nSPS) is 39.4. The molecular weight excluding hydrogens is 364 g/mol. The molecule has 1 saturated heterocycles. The van der Waals surface area contributed by atoms with Crippen LogP contribution in [0.1, 0.15) is 20.3 Å². The van der Waals surface area contributed by atoms with Gasteiger partial charge in [-0.25, -0.2) is 8.98 Å². The molecule has 11 nitrogen and oxygen atoms in total. The maximum atomic E-state index is 11.1. The van der Waals surface area contributed by atoms with Crippen molar-refractivity contribution < 1.29 is 51.5 Å². The number of carbonyl (C=O) groups is 1. The summed E-state index contributed by atoms with van der Waals surface area (Å²) in [5.41, 5.74) is 0. The van der Waals surface area contributed by atoms with E-state index in [2.05, 4.69) is 4.18 Å². The van der Waals surface area contributed by atoms with E-state index in [4.69, 9.17) is 23.9 Å². The third-order valence-electron chi connectivity index (χ3n) is 3.90. The summed E-state index contributed by atoms with van der Waals surface area (Å²) >= 11 is 0. The minimum absolute atomic E-state index is 0.116. The van der Waals surface area contributed by atoms with E-state index >= 15 is 0 Å². The van der Waals surface area contributed by atoms with Gasteiger partial charge in [0.05, 0.1) is 12.2 Å². The molecule has 2 aliphatic rings. The van der Waals surface area contributed by atoms with Crippen LogP contribution >= 0.6 is 0 Å². The van der Waals surface area contributed by atoms with Crippen molar-refractivity contribution in [1.82, 2.24) is 0 Å². The van der Waals surface area contributed by atoms with E-state index in [0.29, 0.717) is 0 Å². The molecule has 12 heteroatoms. The second kappa shape index (κ2) is 7.53. The molecule has 2 heterocycles. The molecular formula is C13H20O11S. The van der Waals surface area contributed by atoms with E-state index in [1.54, 1.807) is 0 Å². The predicted molar refractivity (Wildman–Crippen MR) is 78.2 cm³/mol. The lowest BCUT2D eigenvalue weighted by atomic mass is 9.93. The van der Waals surface area contributed by atoms with Gasteiger partial charge in [0.1, 0.15) is 12.2 Å². The molecule has 4 N–H and O–H groups in total. The molecule has 7 atom stereocenters. The summed E-state index contributed by atoms with van der Waals surface area (Å²) in [6.45, 7) is 2.88. The molecule has 25 heavy (non-hydrogen) atoms. The summed E-state index contributed by atoms with van der Waals surface area (Å²) in [5, 5.41) is 28.5. The highest BCUT2D eigenvalue weighted by Gasteiger charge is 2.46. The number of rotatable bonds is 5. The molecule has 2 rings (SSSR count). The number of aliphatic hydroxyl groups excluding tert-OH is 2. The fourth-order valence-corrected chi connectivity index (χ4v) is 3.24. The third kappa shape index (κ3) is 5.10. The number of hydrogen-bond donors (Lipinski definition) is 4. The van der Waals surface area contributed by atoms with Gasteiger partial charge in [-0.1, -0.05) is 6.92 Å². The predicted octanol–water partition coefficient (Wildman–Crippen LogP) is -0.991. The maximum absolute atomic E-state index is 11.1. The van der Waals surface area contributed by atoms with Crippen LogP contribution < -0.4 is 0 Å². The second-order valence-corrected chi connectivity index (χ2v) is 6.91. The summed E-state index contributed by atoms with van der Waals surface area (Å²) in [6, 6.07) is 0. The van der Waals surface area contributed by atoms with Gasteiger partial charge in [-0.05, 0) is 13.0 Å². The van der Waals surface area contributed by atoms with Crippen molar-refractivity contribution in [2.45, 2.75) is 57.3 Å². The Kier molecular flexibility index (Phi) is 6.04. The molecule has 1 fully saturated rings. The van der Waals surface area contributed by atoms with Gasteiger partial charge >= 0.3 is 16.4 Å². The second-order valence-electron chi connectivity index (χ2n) is 5.87. The first-order valence-corrected chi connectivity index (χ1v) is 8.79. The minimum Gasteiger partial charge on any atom is -0.475 e. The number of aliphatic carboxylic acids is 1. The van der Waals surface area contributed by atoms with Crippen LogP contribution in [0.15, 0.2) is 11.8 Å². The SMILES string of the molecule is CC1OC(O)[C@@H](C)C(OS(=O)(=O)O)[C@@H]1O[C@H]1C[C@@H](O)C=C(C(=O)O)O1. The van der Waals surface area contributed by atoms with Crippen LogP contribution in [-0.2, 0) is 33.6 Å². The first-order valence-electron chi connectivity index (χ1n) is 7.42. The van der Waals surface area contributed by atoms with Crippen molar-refractivity contribution in [1.29, 1.82) is 0 Å². The van der Waals surface area contributed by atoms with E-state index < -0.39 is 65.0 Å². The van der Waals surface area contributed by atoms with Gasteiger partial charge in [0, 0.05) is 12.3 Å². The fourth-order valence-electron chi connectivity index (χ4n) is 2.67. The Bertz CT molecular complexity index is 630. The van der Waals surface area contributed by atoms with Crippen molar-refractivity contribution >= 4 is 16.4 Å². The van der Waals surface area contributed by atoms with Crippen LogP contribution in [-0.4, -0.2) is 71.3 Å². The van der Waals surface area contributed by atoms with Crippen LogP contribution in [0.5, 0.6) is 0 Å². The highest BCUT2D eigenvalue weighted by molar-refractivity contribution is 7.80. The Hall–Kier alpha value is -1.28. The van der Waals surface area contributed by atoms with Crippen LogP contribution in [0.4, 0.5) is 0 Å². The Balaban J connectivity index is 2.19. The smallest absolute Gasteiger partial charge is 0.397 e. The summed E-state index contributed by atoms with van der Waals surface area (Å²) < 4.78 is 51.6. The molecule has 0 aromatic heterocycles. The Morgan fingerprint density at radius 3 is 2.48 bits per heavy atom. The monoisotopic (exact) mass is 384 g/mol. The van der Waals surface area contributed by atoms with Gasteiger partial charge in [0.2, 0.25) is 12.0 Å². The van der Waals surface area contributed by atoms with Gasteiger partial charge in [-0.3, -0.25) is 4.55 Å². The van der Waals surface area contributed by atoms with E-state index in [1.807, 2.05) is 0 Å². The van der Waals surface area contributed by atoms with Gasteiger partial charge in [0.15, 0.2) is 6.29 Å². The first-order chi connectivity index (χ1) is 11.5. The topological polar surface area (TPSA) is 169 Å². The van der Waals surface area contributed by atoms with Gasteiger partial charge < -0.3 is 29.5 Å². The summed E-state index contributed by atoms with van der Waals surface area (Å²) in [5.74, 6) is -2.82. The number of hydrogen-bond acceptors (Lipinski definition) is 9. The maximum Gasteiger partial charge on any atom is 0.397 e. The van der Waals surface area contributed by atoms with Crippen molar-refractivity contribution in [3.63, 3.8) is 0 Å². The lowest BCUT2D eigenvalue weighted by molar-refractivity contribution is -0.290. The number of aliphatic hydroxyl groups is 2. The summed E-state index contributed by atoms with van der Waals surface area (Å²) in [7, 11) is -4.85. The zero-order chi connectivity index (χ0) is 18.9. The lowest BCUT2D eigenvalue weighted by Crippen LogP contribution is -2.56. The van der Waals surface area contributed by atoms with Crippen molar-refractivity contribution in [3.05, 3.63) is 11.8 Å². The lowest BCUT2D eigenvalue weighted by Gasteiger charge is -2.43. The van der Waals surface area contributed by atoms with Gasteiger partial charge in [0.25, 0.3) is 0 Å². The summed E-state index contributed by atoms with van der Waals surface area (Å²) in [4.78, 5) is 11.0. The molecule has 0 radical (unpaired) electrons. The number of ether oxygens (including phenoxy) is 3. The molecule has 0 aromatic carbocycles. The molecule has 3 unspecified atom stereocenters. The average molecular weight is 384 g/mol. The number of carboxylic acid groups (broad SMARTS) is 1. The van der Waals surface area contributed by atoms with Crippen molar-refractivity contribution in [2.75, 3.05) is 0 Å². The largest absolute Gasteiger partial charge is 0.475 e. The van der Waals surface area contributed by atoms with E-state index in [9.17, 15) is 23.4 Å². The van der Waals surface area contributed by atoms with E-state index in [0.717, 1.165) is 6.08 Å². The van der Waals surface area contributed by atoms with Gasteiger partial charge in [-0.2, -0.15) is 8.42 Å². The highest BCUT2D eigenvalue weighted by atomic mass is 32.3. The molecule has 0 aliphatic carbocycles. The van der Waals surface area contributed by atoms with Crippen LogP contribution in [0.3, 0.4) is 0 Å². The quantitative estimate of drug-likeness (QED) is 0.429. The first kappa shape index (κ1) is 20.0. The zero-order valence-corrected chi connectivity index (χ0v) is 14.2. The molecule has 2 aliphatic heterocycles.